The van der Waals surface area contributed by atoms with Gasteiger partial charge in [0.05, 0.1) is 33.5 Å². The Kier molecular flexibility index (Phi) is 12.0. The average molecular weight is 577 g/mol. The number of rotatable bonds is 11. The quantitative estimate of drug-likeness (QED) is 0.238. The SMILES string of the molecule is CN=C(NCC(c1ccc(OC)c(OC)c1)N1CCOCC1)NCC1(CCOC)CCC1.I. The molecular formula is C24H41IN4O4. The van der Waals surface area contributed by atoms with Crippen LogP contribution in [0.2, 0.25) is 0 Å². The number of hydrogen-bond acceptors (Lipinski definition) is 6. The minimum absolute atomic E-state index is 0. The number of guanidine groups is 1. The molecule has 188 valence electrons. The van der Waals surface area contributed by atoms with E-state index >= 15 is 0 Å². The molecule has 1 aliphatic carbocycles. The smallest absolute Gasteiger partial charge is 0.191 e. The van der Waals surface area contributed by atoms with E-state index < -0.39 is 0 Å². The number of nitrogens with zero attached hydrogens (tertiary/aromatic N) is 2. The second kappa shape index (κ2) is 14.2. The maximum Gasteiger partial charge on any atom is 0.191 e. The lowest BCUT2D eigenvalue weighted by Crippen LogP contribution is -2.49. The van der Waals surface area contributed by atoms with Crippen LogP contribution >= 0.6 is 24.0 Å². The van der Waals surface area contributed by atoms with E-state index in [2.05, 4.69) is 32.7 Å². The van der Waals surface area contributed by atoms with Crippen molar-refractivity contribution in [2.24, 2.45) is 10.4 Å². The lowest BCUT2D eigenvalue weighted by molar-refractivity contribution is 0.0169. The van der Waals surface area contributed by atoms with Crippen molar-refractivity contribution >= 4 is 29.9 Å². The molecule has 1 atom stereocenters. The van der Waals surface area contributed by atoms with E-state index in [-0.39, 0.29) is 30.0 Å². The second-order valence-electron chi connectivity index (χ2n) is 8.68. The summed E-state index contributed by atoms with van der Waals surface area (Å²) in [5.74, 6) is 2.33. The van der Waals surface area contributed by atoms with Crippen molar-refractivity contribution in [2.45, 2.75) is 31.7 Å². The van der Waals surface area contributed by atoms with Crippen LogP contribution < -0.4 is 20.1 Å². The molecule has 8 nitrogen and oxygen atoms in total. The number of benzene rings is 1. The Morgan fingerprint density at radius 3 is 2.42 bits per heavy atom. The molecule has 2 fully saturated rings. The van der Waals surface area contributed by atoms with Crippen LogP contribution in [0.5, 0.6) is 11.5 Å². The minimum atomic E-state index is 0. The molecule has 0 bridgehead atoms. The van der Waals surface area contributed by atoms with Crippen LogP contribution in [0.3, 0.4) is 0 Å². The summed E-state index contributed by atoms with van der Waals surface area (Å²) >= 11 is 0. The van der Waals surface area contributed by atoms with E-state index in [0.717, 1.165) is 69.9 Å². The zero-order chi connectivity index (χ0) is 22.8. The van der Waals surface area contributed by atoms with Crippen LogP contribution in [0.15, 0.2) is 23.2 Å². The summed E-state index contributed by atoms with van der Waals surface area (Å²) in [6.45, 7) is 5.76. The number of aliphatic imine (C=N–C) groups is 1. The number of nitrogens with one attached hydrogen (secondary N) is 2. The number of hydrogen-bond donors (Lipinski definition) is 2. The van der Waals surface area contributed by atoms with Crippen LogP contribution in [0.4, 0.5) is 0 Å². The number of halogens is 1. The first-order valence-electron chi connectivity index (χ1n) is 11.6. The summed E-state index contributed by atoms with van der Waals surface area (Å²) in [5.41, 5.74) is 1.52. The third-order valence-corrected chi connectivity index (χ3v) is 6.85. The van der Waals surface area contributed by atoms with Crippen molar-refractivity contribution in [2.75, 3.05) is 74.4 Å². The molecule has 2 N–H and O–H groups in total. The highest BCUT2D eigenvalue weighted by molar-refractivity contribution is 14.0. The van der Waals surface area contributed by atoms with Gasteiger partial charge < -0.3 is 29.6 Å². The third kappa shape index (κ3) is 7.60. The Morgan fingerprint density at radius 2 is 1.85 bits per heavy atom. The van der Waals surface area contributed by atoms with Crippen LogP contribution in [-0.2, 0) is 9.47 Å². The predicted molar refractivity (Wildman–Crippen MR) is 142 cm³/mol. The minimum Gasteiger partial charge on any atom is -0.493 e. The maximum absolute atomic E-state index is 5.59. The lowest BCUT2D eigenvalue weighted by Gasteiger charge is -2.42. The van der Waals surface area contributed by atoms with Gasteiger partial charge in [-0.05, 0) is 42.4 Å². The topological polar surface area (TPSA) is 76.6 Å². The van der Waals surface area contributed by atoms with Crippen molar-refractivity contribution in [3.05, 3.63) is 23.8 Å². The second-order valence-corrected chi connectivity index (χ2v) is 8.68. The number of ether oxygens (including phenoxy) is 4. The molecule has 1 saturated carbocycles. The molecule has 1 heterocycles. The predicted octanol–water partition coefficient (Wildman–Crippen LogP) is 3.07. The van der Waals surface area contributed by atoms with Gasteiger partial charge in [0.2, 0.25) is 0 Å². The third-order valence-electron chi connectivity index (χ3n) is 6.85. The standard InChI is InChI=1S/C24H40N4O4.HI/c1-25-23(27-18-24(8-5-9-24)10-13-29-2)26-17-20(28-11-14-32-15-12-28)19-6-7-21(30-3)22(16-19)31-4;/h6-7,16,20H,5,8-15,17-18H2,1-4H3,(H2,25,26,27);1H. The number of morpholine rings is 1. The molecule has 9 heteroatoms. The highest BCUT2D eigenvalue weighted by atomic mass is 127. The van der Waals surface area contributed by atoms with Gasteiger partial charge >= 0.3 is 0 Å². The summed E-state index contributed by atoms with van der Waals surface area (Å²) in [5, 5.41) is 7.13. The Balaban J connectivity index is 0.00000385. The van der Waals surface area contributed by atoms with Gasteiger partial charge in [-0.3, -0.25) is 9.89 Å². The largest absolute Gasteiger partial charge is 0.493 e. The lowest BCUT2D eigenvalue weighted by atomic mass is 9.67. The van der Waals surface area contributed by atoms with E-state index in [4.69, 9.17) is 18.9 Å². The summed E-state index contributed by atoms with van der Waals surface area (Å²) in [6, 6.07) is 6.34. The van der Waals surface area contributed by atoms with Gasteiger partial charge in [-0.2, -0.15) is 0 Å². The van der Waals surface area contributed by atoms with Gasteiger partial charge in [-0.15, -0.1) is 24.0 Å². The molecule has 0 aromatic heterocycles. The van der Waals surface area contributed by atoms with Gasteiger partial charge in [0, 0.05) is 46.9 Å². The van der Waals surface area contributed by atoms with E-state index in [1.54, 1.807) is 21.3 Å². The zero-order valence-electron chi connectivity index (χ0n) is 20.5. The normalized spacial score (nSPS) is 19.1. The fourth-order valence-corrected chi connectivity index (χ4v) is 4.60. The van der Waals surface area contributed by atoms with Crippen molar-refractivity contribution in [3.8, 4) is 11.5 Å². The van der Waals surface area contributed by atoms with Crippen molar-refractivity contribution < 1.29 is 18.9 Å². The van der Waals surface area contributed by atoms with Crippen molar-refractivity contribution in [3.63, 3.8) is 0 Å². The molecule has 1 aromatic rings. The Labute approximate surface area is 215 Å². The summed E-state index contributed by atoms with van der Waals surface area (Å²) < 4.78 is 21.9. The molecule has 1 saturated heterocycles. The average Bonchev–Trinajstić information content (AvgIpc) is 2.82. The zero-order valence-corrected chi connectivity index (χ0v) is 22.9. The Hall–Kier alpha value is -1.30. The molecule has 1 unspecified atom stereocenters. The first kappa shape index (κ1) is 27.9. The van der Waals surface area contributed by atoms with E-state index in [9.17, 15) is 0 Å². The summed E-state index contributed by atoms with van der Waals surface area (Å²) in [6.07, 6.45) is 4.90. The van der Waals surface area contributed by atoms with Crippen LogP contribution in [0.25, 0.3) is 0 Å². The van der Waals surface area contributed by atoms with E-state index in [1.807, 2.05) is 13.1 Å². The first-order valence-corrected chi connectivity index (χ1v) is 11.6. The van der Waals surface area contributed by atoms with Crippen molar-refractivity contribution in [1.82, 2.24) is 15.5 Å². The van der Waals surface area contributed by atoms with Crippen molar-refractivity contribution in [1.29, 1.82) is 0 Å². The molecule has 0 spiro atoms. The van der Waals surface area contributed by atoms with Crippen LogP contribution in [0.1, 0.15) is 37.3 Å². The molecule has 2 aliphatic rings. The first-order chi connectivity index (χ1) is 15.6. The van der Waals surface area contributed by atoms with Crippen LogP contribution in [0, 0.1) is 5.41 Å². The fourth-order valence-electron chi connectivity index (χ4n) is 4.60. The Bertz CT molecular complexity index is 739. The van der Waals surface area contributed by atoms with Gasteiger partial charge in [-0.1, -0.05) is 12.5 Å². The number of methoxy groups -OCH3 is 3. The monoisotopic (exact) mass is 576 g/mol. The molecule has 3 rings (SSSR count). The summed E-state index contributed by atoms with van der Waals surface area (Å²) in [4.78, 5) is 6.93. The van der Waals surface area contributed by atoms with E-state index in [1.165, 1.54) is 24.8 Å². The highest BCUT2D eigenvalue weighted by Gasteiger charge is 2.36. The maximum atomic E-state index is 5.59. The Morgan fingerprint density at radius 1 is 1.12 bits per heavy atom. The summed E-state index contributed by atoms with van der Waals surface area (Å²) in [7, 11) is 6.95. The molecule has 33 heavy (non-hydrogen) atoms. The van der Waals surface area contributed by atoms with Crippen LogP contribution in [-0.4, -0.2) is 85.2 Å². The van der Waals surface area contributed by atoms with Gasteiger partial charge in [0.25, 0.3) is 0 Å². The molecule has 1 aromatic carbocycles. The van der Waals surface area contributed by atoms with Gasteiger partial charge in [0.1, 0.15) is 0 Å². The molecule has 0 amide bonds. The molecule has 1 aliphatic heterocycles. The molecular weight excluding hydrogens is 535 g/mol. The fraction of sp³-hybridized carbons (Fsp3) is 0.708. The van der Waals surface area contributed by atoms with Gasteiger partial charge in [-0.25, -0.2) is 0 Å². The van der Waals surface area contributed by atoms with E-state index in [0.29, 0.717) is 5.41 Å². The molecule has 0 radical (unpaired) electrons. The highest BCUT2D eigenvalue weighted by Crippen LogP contribution is 2.43. The van der Waals surface area contributed by atoms with Gasteiger partial charge in [0.15, 0.2) is 17.5 Å².